The predicted molar refractivity (Wildman–Crippen MR) is 94.2 cm³/mol. The third kappa shape index (κ3) is 2.35. The van der Waals surface area contributed by atoms with Gasteiger partial charge in [-0.25, -0.2) is 0 Å². The maximum absolute atomic E-state index is 14.0. The average molecular weight is 358 g/mol. The number of aryl methyl sites for hydroxylation is 1. The van der Waals surface area contributed by atoms with Crippen LogP contribution in [0.3, 0.4) is 0 Å². The van der Waals surface area contributed by atoms with Crippen LogP contribution in [0.5, 0.6) is 0 Å². The van der Waals surface area contributed by atoms with Crippen LogP contribution in [0.15, 0.2) is 35.3 Å². The largest absolute Gasteiger partial charge is 0.417 e. The first-order chi connectivity index (χ1) is 12.3. The summed E-state index contributed by atoms with van der Waals surface area (Å²) in [5.41, 5.74) is 0.874. The summed E-state index contributed by atoms with van der Waals surface area (Å²) in [7, 11) is 1.56. The van der Waals surface area contributed by atoms with Gasteiger partial charge in [0.05, 0.1) is 16.6 Å². The molecule has 0 unspecified atom stereocenters. The summed E-state index contributed by atoms with van der Waals surface area (Å²) < 4.78 is 43.4. The molecule has 3 nitrogen and oxygen atoms in total. The van der Waals surface area contributed by atoms with E-state index in [1.165, 1.54) is 4.57 Å². The Kier molecular flexibility index (Phi) is 3.68. The van der Waals surface area contributed by atoms with Gasteiger partial charge in [0.2, 0.25) is 0 Å². The second-order valence-electron chi connectivity index (χ2n) is 6.72. The number of hydrogen-bond acceptors (Lipinski definition) is 2. The number of rotatable bonds is 1. The van der Waals surface area contributed by atoms with Gasteiger partial charge in [0, 0.05) is 24.3 Å². The van der Waals surface area contributed by atoms with Crippen molar-refractivity contribution >= 4 is 10.9 Å². The molecular weight excluding hydrogens is 341 g/mol. The van der Waals surface area contributed by atoms with Gasteiger partial charge in [0.15, 0.2) is 0 Å². The fourth-order valence-electron chi connectivity index (χ4n) is 4.01. The molecule has 0 amide bonds. The van der Waals surface area contributed by atoms with Crippen molar-refractivity contribution in [1.29, 1.82) is 0 Å². The van der Waals surface area contributed by atoms with E-state index in [4.69, 9.17) is 0 Å². The molecule has 1 aromatic carbocycles. The van der Waals surface area contributed by atoms with Crippen LogP contribution >= 0.6 is 0 Å². The molecule has 0 bridgehead atoms. The van der Waals surface area contributed by atoms with Crippen LogP contribution in [-0.4, -0.2) is 9.55 Å². The molecule has 134 valence electrons. The maximum Gasteiger partial charge on any atom is 0.417 e. The Labute approximate surface area is 148 Å². The topological polar surface area (TPSA) is 34.9 Å². The molecule has 0 aliphatic heterocycles. The lowest BCUT2D eigenvalue weighted by atomic mass is 9.92. The quantitative estimate of drug-likeness (QED) is 0.646. The van der Waals surface area contributed by atoms with Crippen molar-refractivity contribution in [3.63, 3.8) is 0 Å². The Bertz CT molecular complexity index is 1100. The molecule has 0 N–H and O–H groups in total. The maximum atomic E-state index is 14.0. The highest BCUT2D eigenvalue weighted by molar-refractivity contribution is 5.97. The Morgan fingerprint density at radius 3 is 2.65 bits per heavy atom. The smallest absolute Gasteiger partial charge is 0.315 e. The Morgan fingerprint density at radius 2 is 1.92 bits per heavy atom. The van der Waals surface area contributed by atoms with E-state index < -0.39 is 17.3 Å². The zero-order chi connectivity index (χ0) is 18.6. The van der Waals surface area contributed by atoms with Gasteiger partial charge < -0.3 is 4.57 Å². The van der Waals surface area contributed by atoms with Crippen molar-refractivity contribution in [3.05, 3.63) is 63.2 Å². The summed E-state index contributed by atoms with van der Waals surface area (Å²) in [5, 5.41) is 0.563. The summed E-state index contributed by atoms with van der Waals surface area (Å²) in [6, 6.07) is 6.72. The Balaban J connectivity index is 2.19. The molecule has 2 heterocycles. The van der Waals surface area contributed by atoms with Gasteiger partial charge in [-0.1, -0.05) is 18.2 Å². The molecular formula is C20H17F3N2O. The van der Waals surface area contributed by atoms with Crippen LogP contribution in [0.25, 0.3) is 22.0 Å². The van der Waals surface area contributed by atoms with E-state index in [1.807, 2.05) is 6.92 Å². The van der Waals surface area contributed by atoms with Gasteiger partial charge in [0.1, 0.15) is 0 Å². The number of nitrogens with zero attached hydrogens (tertiary/aromatic N) is 2. The lowest BCUT2D eigenvalue weighted by Gasteiger charge is -2.20. The van der Waals surface area contributed by atoms with Gasteiger partial charge in [0.25, 0.3) is 5.56 Å². The number of hydrogen-bond donors (Lipinski definition) is 0. The lowest BCUT2D eigenvalue weighted by Crippen LogP contribution is -2.28. The van der Waals surface area contributed by atoms with Crippen LogP contribution in [0.4, 0.5) is 13.2 Å². The van der Waals surface area contributed by atoms with Crippen LogP contribution in [0.2, 0.25) is 0 Å². The van der Waals surface area contributed by atoms with E-state index >= 15 is 0 Å². The van der Waals surface area contributed by atoms with Crippen LogP contribution in [-0.2, 0) is 26.1 Å². The number of halogens is 3. The molecule has 26 heavy (non-hydrogen) atoms. The Morgan fingerprint density at radius 1 is 1.15 bits per heavy atom. The SMILES string of the molecule is Cc1ccc(-c2c(C(F)(F)F)c3c(n(C)c2=O)CCC3)c2cccnc12. The monoisotopic (exact) mass is 358 g/mol. The zero-order valence-corrected chi connectivity index (χ0v) is 14.4. The van der Waals surface area contributed by atoms with Crippen LogP contribution in [0.1, 0.15) is 28.8 Å². The fourth-order valence-corrected chi connectivity index (χ4v) is 4.01. The predicted octanol–water partition coefficient (Wildman–Crippen LogP) is 4.42. The minimum Gasteiger partial charge on any atom is -0.315 e. The summed E-state index contributed by atoms with van der Waals surface area (Å²) in [6.45, 7) is 1.85. The van der Waals surface area contributed by atoms with Crippen molar-refractivity contribution < 1.29 is 13.2 Å². The van der Waals surface area contributed by atoms with Gasteiger partial charge in [-0.15, -0.1) is 0 Å². The first-order valence-corrected chi connectivity index (χ1v) is 8.47. The minimum atomic E-state index is -4.59. The molecule has 0 spiro atoms. The third-order valence-electron chi connectivity index (χ3n) is 5.19. The highest BCUT2D eigenvalue weighted by Crippen LogP contribution is 2.42. The zero-order valence-electron chi connectivity index (χ0n) is 14.4. The first-order valence-electron chi connectivity index (χ1n) is 8.47. The van der Waals surface area contributed by atoms with Crippen molar-refractivity contribution in [1.82, 2.24) is 9.55 Å². The first kappa shape index (κ1) is 16.8. The van der Waals surface area contributed by atoms with E-state index in [0.29, 0.717) is 41.4 Å². The van der Waals surface area contributed by atoms with E-state index in [1.54, 1.807) is 37.5 Å². The number of fused-ring (bicyclic) bond motifs is 2. The third-order valence-corrected chi connectivity index (χ3v) is 5.19. The van der Waals surface area contributed by atoms with E-state index in [2.05, 4.69) is 4.98 Å². The molecule has 6 heteroatoms. The summed E-state index contributed by atoms with van der Waals surface area (Å²) >= 11 is 0. The molecule has 0 radical (unpaired) electrons. The standard InChI is InChI=1S/C20H17F3N2O/c1-11-8-9-12(13-6-4-10-24-18(11)13)16-17(20(21,22)23)14-5-3-7-15(14)25(2)19(16)26/h4,6,8-10H,3,5,7H2,1-2H3. The minimum absolute atomic E-state index is 0.257. The Hall–Kier alpha value is -2.63. The highest BCUT2D eigenvalue weighted by atomic mass is 19.4. The number of aromatic nitrogens is 2. The molecule has 3 aromatic rings. The fraction of sp³-hybridized carbons (Fsp3) is 0.300. The molecule has 1 aliphatic rings. The van der Waals surface area contributed by atoms with Gasteiger partial charge in [-0.05, 0) is 48.9 Å². The molecule has 2 aromatic heterocycles. The van der Waals surface area contributed by atoms with Gasteiger partial charge in [-0.2, -0.15) is 13.2 Å². The molecule has 4 rings (SSSR count). The van der Waals surface area contributed by atoms with E-state index in [9.17, 15) is 18.0 Å². The lowest BCUT2D eigenvalue weighted by molar-refractivity contribution is -0.137. The van der Waals surface area contributed by atoms with Crippen molar-refractivity contribution in [2.24, 2.45) is 7.05 Å². The van der Waals surface area contributed by atoms with Gasteiger partial charge in [-0.3, -0.25) is 9.78 Å². The highest BCUT2D eigenvalue weighted by Gasteiger charge is 2.41. The number of pyridine rings is 2. The number of alkyl halides is 3. The second kappa shape index (κ2) is 5.69. The molecule has 0 saturated carbocycles. The molecule has 0 fully saturated rings. The van der Waals surface area contributed by atoms with E-state index in [0.717, 1.165) is 5.56 Å². The summed E-state index contributed by atoms with van der Waals surface area (Å²) in [5.74, 6) is 0. The molecule has 0 atom stereocenters. The van der Waals surface area contributed by atoms with E-state index in [-0.39, 0.29) is 11.1 Å². The summed E-state index contributed by atoms with van der Waals surface area (Å²) in [6.07, 6.45) is -1.51. The number of benzene rings is 1. The van der Waals surface area contributed by atoms with Crippen molar-refractivity contribution in [2.45, 2.75) is 32.4 Å². The second-order valence-corrected chi connectivity index (χ2v) is 6.72. The molecule has 0 saturated heterocycles. The van der Waals surface area contributed by atoms with Gasteiger partial charge >= 0.3 is 6.18 Å². The summed E-state index contributed by atoms with van der Waals surface area (Å²) in [4.78, 5) is 17.3. The van der Waals surface area contributed by atoms with Crippen molar-refractivity contribution in [3.8, 4) is 11.1 Å². The van der Waals surface area contributed by atoms with Crippen LogP contribution < -0.4 is 5.56 Å². The van der Waals surface area contributed by atoms with Crippen LogP contribution in [0, 0.1) is 6.92 Å². The normalized spacial score (nSPS) is 14.0. The average Bonchev–Trinajstić information content (AvgIpc) is 3.07. The molecule has 1 aliphatic carbocycles. The van der Waals surface area contributed by atoms with Crippen molar-refractivity contribution in [2.75, 3.05) is 0 Å².